The van der Waals surface area contributed by atoms with Crippen LogP contribution in [0, 0.1) is 5.41 Å². The molecule has 0 aliphatic carbocycles. The summed E-state index contributed by atoms with van der Waals surface area (Å²) >= 11 is 0. The minimum atomic E-state index is -1.07. The highest BCUT2D eigenvalue weighted by Crippen LogP contribution is 2.33. The third-order valence-electron chi connectivity index (χ3n) is 4.89. The fourth-order valence-corrected chi connectivity index (χ4v) is 3.40. The van der Waals surface area contributed by atoms with Crippen molar-refractivity contribution in [1.29, 1.82) is 5.41 Å². The lowest BCUT2D eigenvalue weighted by atomic mass is 9.91. The average Bonchev–Trinajstić information content (AvgIpc) is 2.89. The third-order valence-corrected chi connectivity index (χ3v) is 4.89. The van der Waals surface area contributed by atoms with Gasteiger partial charge in [-0.2, -0.15) is 0 Å². The molecule has 1 aromatic rings. The SMILES string of the molecule is CC(=N)c1ccc(C(=O)N2CCC3(CC2)CN(CC(=O)O)C(=O)O3)cc1. The summed E-state index contributed by atoms with van der Waals surface area (Å²) in [6.45, 7) is 2.45. The second-order valence-electron chi connectivity index (χ2n) is 6.80. The molecule has 0 saturated carbocycles. The lowest BCUT2D eigenvalue weighted by Crippen LogP contribution is -2.49. The van der Waals surface area contributed by atoms with Gasteiger partial charge in [0.1, 0.15) is 12.1 Å². The van der Waals surface area contributed by atoms with Crippen molar-refractivity contribution < 1.29 is 24.2 Å². The maximum atomic E-state index is 12.6. The Morgan fingerprint density at radius 2 is 1.77 bits per heavy atom. The summed E-state index contributed by atoms with van der Waals surface area (Å²) in [6, 6.07) is 6.93. The minimum absolute atomic E-state index is 0.0965. The number of hydrogen-bond acceptors (Lipinski definition) is 5. The monoisotopic (exact) mass is 359 g/mol. The van der Waals surface area contributed by atoms with E-state index in [1.807, 2.05) is 0 Å². The van der Waals surface area contributed by atoms with E-state index in [0.717, 1.165) is 5.56 Å². The minimum Gasteiger partial charge on any atom is -0.480 e. The number of aliphatic carboxylic acids is 1. The van der Waals surface area contributed by atoms with Gasteiger partial charge in [0.15, 0.2) is 0 Å². The lowest BCUT2D eigenvalue weighted by Gasteiger charge is -2.37. The first-order chi connectivity index (χ1) is 12.3. The number of amides is 2. The van der Waals surface area contributed by atoms with Crippen LogP contribution in [0.4, 0.5) is 4.79 Å². The van der Waals surface area contributed by atoms with Crippen molar-refractivity contribution in [3.05, 3.63) is 35.4 Å². The van der Waals surface area contributed by atoms with Crippen molar-refractivity contribution in [2.75, 3.05) is 26.2 Å². The van der Waals surface area contributed by atoms with E-state index in [4.69, 9.17) is 15.3 Å². The number of carboxylic acid groups (broad SMARTS) is 1. The van der Waals surface area contributed by atoms with E-state index in [9.17, 15) is 14.4 Å². The Bertz CT molecular complexity index is 751. The number of carbonyl (C=O) groups excluding carboxylic acids is 2. The second kappa shape index (κ2) is 6.78. The zero-order valence-corrected chi connectivity index (χ0v) is 14.5. The van der Waals surface area contributed by atoms with Crippen molar-refractivity contribution in [1.82, 2.24) is 9.80 Å². The number of nitrogens with one attached hydrogen (secondary N) is 1. The Morgan fingerprint density at radius 3 is 2.31 bits per heavy atom. The van der Waals surface area contributed by atoms with Gasteiger partial charge in [-0.1, -0.05) is 12.1 Å². The summed E-state index contributed by atoms with van der Waals surface area (Å²) in [6.07, 6.45) is 0.362. The van der Waals surface area contributed by atoms with Gasteiger partial charge in [-0.3, -0.25) is 14.5 Å². The van der Waals surface area contributed by atoms with Gasteiger partial charge in [-0.05, 0) is 24.6 Å². The molecule has 2 amide bonds. The number of carbonyl (C=O) groups is 3. The van der Waals surface area contributed by atoms with E-state index in [1.165, 1.54) is 4.90 Å². The van der Waals surface area contributed by atoms with Crippen LogP contribution in [0.3, 0.4) is 0 Å². The van der Waals surface area contributed by atoms with Crippen molar-refractivity contribution >= 4 is 23.7 Å². The van der Waals surface area contributed by atoms with Gasteiger partial charge in [0.2, 0.25) is 0 Å². The number of likely N-dealkylation sites (tertiary alicyclic amines) is 1. The highest BCUT2D eigenvalue weighted by molar-refractivity contribution is 5.98. The van der Waals surface area contributed by atoms with Gasteiger partial charge >= 0.3 is 12.1 Å². The van der Waals surface area contributed by atoms with Gasteiger partial charge in [0, 0.05) is 37.2 Å². The van der Waals surface area contributed by atoms with Crippen LogP contribution in [0.15, 0.2) is 24.3 Å². The predicted molar refractivity (Wildman–Crippen MR) is 92.5 cm³/mol. The third kappa shape index (κ3) is 3.54. The second-order valence-corrected chi connectivity index (χ2v) is 6.80. The molecule has 8 heteroatoms. The Kier molecular flexibility index (Phi) is 4.67. The van der Waals surface area contributed by atoms with Crippen LogP contribution in [0.2, 0.25) is 0 Å². The molecule has 2 N–H and O–H groups in total. The molecular weight excluding hydrogens is 338 g/mol. The molecule has 3 rings (SSSR count). The largest absolute Gasteiger partial charge is 0.480 e. The molecule has 2 heterocycles. The number of benzene rings is 1. The van der Waals surface area contributed by atoms with Crippen LogP contribution in [-0.4, -0.2) is 70.4 Å². The summed E-state index contributed by atoms with van der Waals surface area (Å²) in [4.78, 5) is 38.2. The molecule has 1 aromatic carbocycles. The molecule has 138 valence electrons. The van der Waals surface area contributed by atoms with Gasteiger partial charge in [-0.25, -0.2) is 4.79 Å². The van der Waals surface area contributed by atoms with Crippen molar-refractivity contribution in [2.45, 2.75) is 25.4 Å². The maximum Gasteiger partial charge on any atom is 0.411 e. The summed E-state index contributed by atoms with van der Waals surface area (Å²) in [5.74, 6) is -1.17. The molecule has 2 saturated heterocycles. The van der Waals surface area contributed by atoms with E-state index in [0.29, 0.717) is 37.2 Å². The number of ether oxygens (including phenoxy) is 1. The lowest BCUT2D eigenvalue weighted by molar-refractivity contribution is -0.137. The van der Waals surface area contributed by atoms with Crippen LogP contribution in [0.1, 0.15) is 35.7 Å². The zero-order valence-electron chi connectivity index (χ0n) is 14.5. The van der Waals surface area contributed by atoms with Crippen LogP contribution in [0.5, 0.6) is 0 Å². The Hall–Kier alpha value is -2.90. The number of nitrogens with zero attached hydrogens (tertiary/aromatic N) is 2. The molecule has 2 aliphatic rings. The van der Waals surface area contributed by atoms with Crippen LogP contribution in [0.25, 0.3) is 0 Å². The summed E-state index contributed by atoms with van der Waals surface area (Å²) in [5, 5.41) is 16.5. The number of rotatable bonds is 4. The van der Waals surface area contributed by atoms with Crippen LogP contribution >= 0.6 is 0 Å². The highest BCUT2D eigenvalue weighted by atomic mass is 16.6. The number of piperidine rings is 1. The fourth-order valence-electron chi connectivity index (χ4n) is 3.40. The number of carboxylic acids is 1. The van der Waals surface area contributed by atoms with Crippen LogP contribution in [-0.2, 0) is 9.53 Å². The first-order valence-corrected chi connectivity index (χ1v) is 8.44. The summed E-state index contributed by atoms with van der Waals surface area (Å²) in [5.41, 5.74) is 1.07. The average molecular weight is 359 g/mol. The van der Waals surface area contributed by atoms with Crippen molar-refractivity contribution in [3.63, 3.8) is 0 Å². The Morgan fingerprint density at radius 1 is 1.19 bits per heavy atom. The summed E-state index contributed by atoms with van der Waals surface area (Å²) < 4.78 is 5.44. The summed E-state index contributed by atoms with van der Waals surface area (Å²) in [7, 11) is 0. The zero-order chi connectivity index (χ0) is 18.9. The van der Waals surface area contributed by atoms with E-state index in [-0.39, 0.29) is 19.0 Å². The van der Waals surface area contributed by atoms with Gasteiger partial charge < -0.3 is 20.2 Å². The maximum absolute atomic E-state index is 12.6. The fraction of sp³-hybridized carbons (Fsp3) is 0.444. The predicted octanol–water partition coefficient (Wildman–Crippen LogP) is 1.59. The molecule has 0 unspecified atom stereocenters. The molecule has 1 spiro atoms. The van der Waals surface area contributed by atoms with E-state index >= 15 is 0 Å². The molecular formula is C18H21N3O5. The first-order valence-electron chi connectivity index (χ1n) is 8.44. The molecule has 8 nitrogen and oxygen atoms in total. The molecule has 0 aromatic heterocycles. The smallest absolute Gasteiger partial charge is 0.411 e. The standard InChI is InChI=1S/C18H21N3O5/c1-12(19)13-2-4-14(5-3-13)16(24)20-8-6-18(7-9-20)11-21(10-15(22)23)17(25)26-18/h2-5,19H,6-11H2,1H3,(H,22,23). The molecule has 0 radical (unpaired) electrons. The normalized spacial score (nSPS) is 18.7. The van der Waals surface area contributed by atoms with Crippen molar-refractivity contribution in [3.8, 4) is 0 Å². The van der Waals surface area contributed by atoms with Crippen molar-refractivity contribution in [2.24, 2.45) is 0 Å². The van der Waals surface area contributed by atoms with Gasteiger partial charge in [0.25, 0.3) is 5.91 Å². The quantitative estimate of drug-likeness (QED) is 0.793. The molecule has 26 heavy (non-hydrogen) atoms. The van der Waals surface area contributed by atoms with Gasteiger partial charge in [0.05, 0.1) is 6.54 Å². The topological polar surface area (TPSA) is 111 Å². The highest BCUT2D eigenvalue weighted by Gasteiger charge is 2.47. The first kappa shape index (κ1) is 17.9. The molecule has 2 fully saturated rings. The van der Waals surface area contributed by atoms with E-state index in [2.05, 4.69) is 0 Å². The van der Waals surface area contributed by atoms with Gasteiger partial charge in [-0.15, -0.1) is 0 Å². The Labute approximate surface area is 150 Å². The molecule has 0 bridgehead atoms. The van der Waals surface area contributed by atoms with E-state index < -0.39 is 17.7 Å². The molecule has 2 aliphatic heterocycles. The number of hydrogen-bond donors (Lipinski definition) is 2. The molecule has 0 atom stereocenters. The van der Waals surface area contributed by atoms with E-state index in [1.54, 1.807) is 36.1 Å². The Balaban J connectivity index is 1.61. The van der Waals surface area contributed by atoms with Crippen LogP contribution < -0.4 is 0 Å².